The van der Waals surface area contributed by atoms with E-state index in [9.17, 15) is 14.4 Å². The number of rotatable bonds is 6. The van der Waals surface area contributed by atoms with Crippen LogP contribution in [0.1, 0.15) is 17.5 Å². The first-order valence-electron chi connectivity index (χ1n) is 9.06. The molecule has 0 aromatic heterocycles. The second kappa shape index (κ2) is 9.29. The minimum Gasteiger partial charge on any atom is -0.455 e. The Hall–Kier alpha value is -2.57. The number of hydrogen-bond acceptors (Lipinski definition) is 4. The van der Waals surface area contributed by atoms with Crippen LogP contribution in [0.2, 0.25) is 10.0 Å². The largest absolute Gasteiger partial charge is 0.455 e. The first-order chi connectivity index (χ1) is 13.8. The van der Waals surface area contributed by atoms with E-state index in [2.05, 4.69) is 5.32 Å². The number of carbonyl (C=O) groups excluding carboxylic acids is 3. The van der Waals surface area contributed by atoms with E-state index in [0.717, 1.165) is 11.1 Å². The summed E-state index contributed by atoms with van der Waals surface area (Å²) < 4.78 is 5.09. The van der Waals surface area contributed by atoms with Gasteiger partial charge in [-0.05, 0) is 30.7 Å². The highest BCUT2D eigenvalue weighted by Gasteiger charge is 2.35. The van der Waals surface area contributed by atoms with Gasteiger partial charge in [-0.15, -0.1) is 0 Å². The van der Waals surface area contributed by atoms with Gasteiger partial charge in [0.15, 0.2) is 6.61 Å². The number of nitrogens with one attached hydrogen (secondary N) is 1. The number of aryl methyl sites for hydroxylation is 1. The number of benzene rings is 2. The Kier molecular flexibility index (Phi) is 6.77. The van der Waals surface area contributed by atoms with Crippen molar-refractivity contribution in [1.29, 1.82) is 0 Å². The molecule has 0 aliphatic carbocycles. The molecule has 29 heavy (non-hydrogen) atoms. The molecule has 2 aromatic rings. The number of amides is 2. The smallest absolute Gasteiger partial charge is 0.311 e. The molecule has 8 heteroatoms. The highest BCUT2D eigenvalue weighted by Crippen LogP contribution is 2.23. The number of halogens is 2. The van der Waals surface area contributed by atoms with Gasteiger partial charge in [0.05, 0.1) is 5.92 Å². The third-order valence-corrected chi connectivity index (χ3v) is 4.97. The maximum Gasteiger partial charge on any atom is 0.311 e. The topological polar surface area (TPSA) is 75.7 Å². The van der Waals surface area contributed by atoms with Gasteiger partial charge in [0.1, 0.15) is 0 Å². The monoisotopic (exact) mass is 434 g/mol. The molecule has 3 rings (SSSR count). The standard InChI is InChI=1S/C21H20Cl2N2O4/c1-13-2-4-14(5-3-13)10-25-11-15(6-20(25)27)21(28)29-12-19(26)24-18-8-16(22)7-17(23)9-18/h2-5,7-9,15H,6,10-12H2,1H3,(H,24,26)/t15-/m1/s1. The molecule has 1 saturated heterocycles. The Bertz CT molecular complexity index is 911. The molecule has 1 N–H and O–H groups in total. The predicted molar refractivity (Wildman–Crippen MR) is 111 cm³/mol. The SMILES string of the molecule is Cc1ccc(CN2C[C@H](C(=O)OCC(=O)Nc3cc(Cl)cc(Cl)c3)CC2=O)cc1. The van der Waals surface area contributed by atoms with E-state index in [4.69, 9.17) is 27.9 Å². The van der Waals surface area contributed by atoms with Crippen LogP contribution >= 0.6 is 23.2 Å². The maximum absolute atomic E-state index is 12.3. The van der Waals surface area contributed by atoms with Crippen LogP contribution in [-0.2, 0) is 25.7 Å². The van der Waals surface area contributed by atoms with Crippen LogP contribution in [0.15, 0.2) is 42.5 Å². The lowest BCUT2D eigenvalue weighted by molar-refractivity contribution is -0.151. The number of ether oxygens (including phenoxy) is 1. The lowest BCUT2D eigenvalue weighted by atomic mass is 10.1. The first-order valence-corrected chi connectivity index (χ1v) is 9.81. The van der Waals surface area contributed by atoms with E-state index in [1.807, 2.05) is 31.2 Å². The van der Waals surface area contributed by atoms with E-state index in [-0.39, 0.29) is 18.9 Å². The molecule has 2 amide bonds. The number of anilines is 1. The molecule has 1 aliphatic rings. The molecule has 1 fully saturated rings. The molecular weight excluding hydrogens is 415 g/mol. The van der Waals surface area contributed by atoms with Crippen molar-refractivity contribution in [3.05, 3.63) is 63.6 Å². The fraction of sp³-hybridized carbons (Fsp3) is 0.286. The number of likely N-dealkylation sites (tertiary alicyclic amines) is 1. The number of esters is 1. The van der Waals surface area contributed by atoms with E-state index >= 15 is 0 Å². The second-order valence-electron chi connectivity index (χ2n) is 6.97. The molecule has 6 nitrogen and oxygen atoms in total. The average molecular weight is 435 g/mol. The molecule has 0 saturated carbocycles. The van der Waals surface area contributed by atoms with Crippen molar-refractivity contribution in [3.63, 3.8) is 0 Å². The lowest BCUT2D eigenvalue weighted by Crippen LogP contribution is -2.28. The van der Waals surface area contributed by atoms with Crippen LogP contribution in [-0.4, -0.2) is 35.8 Å². The van der Waals surface area contributed by atoms with Crippen LogP contribution in [0, 0.1) is 12.8 Å². The van der Waals surface area contributed by atoms with Crippen molar-refractivity contribution in [2.24, 2.45) is 5.92 Å². The summed E-state index contributed by atoms with van der Waals surface area (Å²) in [6.07, 6.45) is 0.0796. The summed E-state index contributed by atoms with van der Waals surface area (Å²) in [4.78, 5) is 38.1. The molecule has 0 unspecified atom stereocenters. The van der Waals surface area contributed by atoms with Crippen LogP contribution in [0.25, 0.3) is 0 Å². The zero-order valence-electron chi connectivity index (χ0n) is 15.8. The fourth-order valence-electron chi connectivity index (χ4n) is 3.07. The summed E-state index contributed by atoms with van der Waals surface area (Å²) in [7, 11) is 0. The summed E-state index contributed by atoms with van der Waals surface area (Å²) in [5, 5.41) is 3.32. The van der Waals surface area contributed by atoms with Gasteiger partial charge in [-0.3, -0.25) is 14.4 Å². The highest BCUT2D eigenvalue weighted by atomic mass is 35.5. The number of hydrogen-bond donors (Lipinski definition) is 1. The Morgan fingerprint density at radius 3 is 2.45 bits per heavy atom. The third-order valence-electron chi connectivity index (χ3n) is 4.53. The maximum atomic E-state index is 12.3. The van der Waals surface area contributed by atoms with Gasteiger partial charge >= 0.3 is 5.97 Å². The van der Waals surface area contributed by atoms with Gasteiger partial charge in [-0.2, -0.15) is 0 Å². The van der Waals surface area contributed by atoms with Gasteiger partial charge in [-0.1, -0.05) is 53.0 Å². The Morgan fingerprint density at radius 2 is 1.79 bits per heavy atom. The molecule has 2 aromatic carbocycles. The summed E-state index contributed by atoms with van der Waals surface area (Å²) in [5.74, 6) is -1.77. The molecule has 1 heterocycles. The molecular formula is C21H20Cl2N2O4. The minimum absolute atomic E-state index is 0.0796. The second-order valence-corrected chi connectivity index (χ2v) is 7.85. The fourth-order valence-corrected chi connectivity index (χ4v) is 3.60. The Balaban J connectivity index is 1.48. The molecule has 0 spiro atoms. The van der Waals surface area contributed by atoms with Crippen LogP contribution < -0.4 is 5.32 Å². The van der Waals surface area contributed by atoms with Gasteiger partial charge in [-0.25, -0.2) is 0 Å². The van der Waals surface area contributed by atoms with Gasteiger partial charge in [0, 0.05) is 35.2 Å². The van der Waals surface area contributed by atoms with E-state index in [1.165, 1.54) is 18.2 Å². The summed E-state index contributed by atoms with van der Waals surface area (Å²) in [6.45, 7) is 2.26. The molecule has 1 atom stereocenters. The van der Waals surface area contributed by atoms with Crippen LogP contribution in [0.4, 0.5) is 5.69 Å². The predicted octanol–water partition coefficient (Wildman–Crippen LogP) is 3.83. The van der Waals surface area contributed by atoms with E-state index in [1.54, 1.807) is 4.90 Å². The molecule has 1 aliphatic heterocycles. The summed E-state index contributed by atoms with van der Waals surface area (Å²) in [5.41, 5.74) is 2.54. The first kappa shape index (κ1) is 21.1. The lowest BCUT2D eigenvalue weighted by Gasteiger charge is -2.16. The zero-order valence-corrected chi connectivity index (χ0v) is 17.3. The van der Waals surface area contributed by atoms with Gasteiger partial charge < -0.3 is 15.0 Å². The third kappa shape index (κ3) is 5.95. The summed E-state index contributed by atoms with van der Waals surface area (Å²) in [6, 6.07) is 12.5. The van der Waals surface area contributed by atoms with Crippen molar-refractivity contribution in [2.75, 3.05) is 18.5 Å². The highest BCUT2D eigenvalue weighted by molar-refractivity contribution is 6.35. The Labute approximate surface area is 178 Å². The van der Waals surface area contributed by atoms with Crippen molar-refractivity contribution in [3.8, 4) is 0 Å². The van der Waals surface area contributed by atoms with Crippen molar-refractivity contribution in [1.82, 2.24) is 4.90 Å². The van der Waals surface area contributed by atoms with E-state index < -0.39 is 24.4 Å². The normalized spacial score (nSPS) is 16.0. The molecule has 0 bridgehead atoms. The minimum atomic E-state index is -0.582. The van der Waals surface area contributed by atoms with Crippen molar-refractivity contribution >= 4 is 46.7 Å². The van der Waals surface area contributed by atoms with Crippen LogP contribution in [0.3, 0.4) is 0 Å². The number of carbonyl (C=O) groups is 3. The average Bonchev–Trinajstić information content (AvgIpc) is 3.01. The quantitative estimate of drug-likeness (QED) is 0.700. The van der Waals surface area contributed by atoms with E-state index in [0.29, 0.717) is 22.3 Å². The Morgan fingerprint density at radius 1 is 1.14 bits per heavy atom. The van der Waals surface area contributed by atoms with Gasteiger partial charge in [0.2, 0.25) is 5.91 Å². The molecule has 152 valence electrons. The number of nitrogens with zero attached hydrogens (tertiary/aromatic N) is 1. The van der Waals surface area contributed by atoms with Crippen molar-refractivity contribution in [2.45, 2.75) is 19.9 Å². The van der Waals surface area contributed by atoms with Crippen molar-refractivity contribution < 1.29 is 19.1 Å². The summed E-state index contributed by atoms with van der Waals surface area (Å²) >= 11 is 11.8. The zero-order chi connectivity index (χ0) is 21.0. The van der Waals surface area contributed by atoms with Gasteiger partial charge in [0.25, 0.3) is 5.91 Å². The van der Waals surface area contributed by atoms with Crippen LogP contribution in [0.5, 0.6) is 0 Å². The molecule has 0 radical (unpaired) electrons.